The summed E-state index contributed by atoms with van der Waals surface area (Å²) in [5.41, 5.74) is 2.25. The van der Waals surface area contributed by atoms with Crippen LogP contribution in [0.3, 0.4) is 0 Å². The van der Waals surface area contributed by atoms with Gasteiger partial charge in [0.25, 0.3) is 10.0 Å². The fourth-order valence-corrected chi connectivity index (χ4v) is 4.83. The minimum absolute atomic E-state index is 0.00535. The number of aromatic nitrogens is 2. The van der Waals surface area contributed by atoms with Crippen LogP contribution in [0.1, 0.15) is 5.56 Å². The van der Waals surface area contributed by atoms with Gasteiger partial charge in [0, 0.05) is 12.1 Å². The molecule has 0 radical (unpaired) electrons. The first kappa shape index (κ1) is 27.9. The van der Waals surface area contributed by atoms with Crippen molar-refractivity contribution in [2.24, 2.45) is 0 Å². The van der Waals surface area contributed by atoms with Crippen LogP contribution in [0.25, 0.3) is 11.0 Å². The van der Waals surface area contributed by atoms with E-state index in [-0.39, 0.29) is 43.0 Å². The zero-order valence-electron chi connectivity index (χ0n) is 21.8. The first-order valence-electron chi connectivity index (χ1n) is 12.1. The molecule has 12 heteroatoms. The number of rotatable bonds is 13. The van der Waals surface area contributed by atoms with E-state index < -0.39 is 10.0 Å². The van der Waals surface area contributed by atoms with E-state index in [0.717, 1.165) is 5.56 Å². The molecule has 11 nitrogen and oxygen atoms in total. The summed E-state index contributed by atoms with van der Waals surface area (Å²) >= 11 is 0. The van der Waals surface area contributed by atoms with Gasteiger partial charge in [0.1, 0.15) is 12.4 Å². The highest BCUT2D eigenvalue weighted by atomic mass is 32.2. The van der Waals surface area contributed by atoms with Gasteiger partial charge in [-0.2, -0.15) is 0 Å². The van der Waals surface area contributed by atoms with E-state index in [1.54, 1.807) is 42.5 Å². The molecule has 4 rings (SSSR count). The van der Waals surface area contributed by atoms with Gasteiger partial charge in [0.15, 0.2) is 23.1 Å². The molecule has 1 heterocycles. The Morgan fingerprint density at radius 3 is 2.28 bits per heavy atom. The van der Waals surface area contributed by atoms with Crippen LogP contribution in [-0.4, -0.2) is 64.1 Å². The molecule has 0 aliphatic rings. The van der Waals surface area contributed by atoms with Crippen molar-refractivity contribution in [2.45, 2.75) is 11.8 Å². The molecule has 39 heavy (non-hydrogen) atoms. The van der Waals surface area contributed by atoms with Crippen LogP contribution < -0.4 is 24.2 Å². The number of hydrogen-bond donors (Lipinski definition) is 3. The highest BCUT2D eigenvalue weighted by Gasteiger charge is 2.21. The Hall–Kier alpha value is -4.13. The van der Waals surface area contributed by atoms with Crippen molar-refractivity contribution in [3.05, 3.63) is 66.2 Å². The number of nitrogens with one attached hydrogen (secondary N) is 2. The van der Waals surface area contributed by atoms with Crippen molar-refractivity contribution >= 4 is 38.4 Å². The third-order valence-electron chi connectivity index (χ3n) is 5.55. The highest BCUT2D eigenvalue weighted by molar-refractivity contribution is 7.92. The molecule has 0 spiro atoms. The number of sulfonamides is 1. The Kier molecular flexibility index (Phi) is 9.02. The number of para-hydroxylation sites is 2. The van der Waals surface area contributed by atoms with E-state index >= 15 is 0 Å². The fraction of sp³-hybridized carbons (Fsp3) is 0.259. The van der Waals surface area contributed by atoms with E-state index in [9.17, 15) is 8.42 Å². The lowest BCUT2D eigenvalue weighted by Crippen LogP contribution is -2.16. The smallest absolute Gasteiger partial charge is 0.263 e. The zero-order valence-corrected chi connectivity index (χ0v) is 22.6. The molecule has 0 amide bonds. The number of aliphatic hydroxyl groups is 1. The minimum atomic E-state index is -3.99. The largest absolute Gasteiger partial charge is 0.497 e. The summed E-state index contributed by atoms with van der Waals surface area (Å²) in [6.45, 7) is 2.29. The van der Waals surface area contributed by atoms with Crippen molar-refractivity contribution in [3.8, 4) is 17.2 Å². The van der Waals surface area contributed by atoms with Crippen molar-refractivity contribution in [3.63, 3.8) is 0 Å². The lowest BCUT2D eigenvalue weighted by Gasteiger charge is -2.19. The summed E-state index contributed by atoms with van der Waals surface area (Å²) in [4.78, 5) is 9.30. The van der Waals surface area contributed by atoms with Gasteiger partial charge < -0.3 is 29.4 Å². The molecule has 0 unspecified atom stereocenters. The maximum absolute atomic E-state index is 13.3. The van der Waals surface area contributed by atoms with Gasteiger partial charge in [-0.1, -0.05) is 24.3 Å². The quantitative estimate of drug-likeness (QED) is 0.208. The average Bonchev–Trinajstić information content (AvgIpc) is 2.93. The second kappa shape index (κ2) is 12.6. The third-order valence-corrected chi connectivity index (χ3v) is 6.88. The molecule has 0 aliphatic carbocycles. The second-order valence-electron chi connectivity index (χ2n) is 8.35. The Morgan fingerprint density at radius 2 is 1.62 bits per heavy atom. The van der Waals surface area contributed by atoms with Crippen LogP contribution in [0, 0.1) is 6.92 Å². The molecule has 0 fully saturated rings. The first-order valence-corrected chi connectivity index (χ1v) is 13.5. The average molecular weight is 555 g/mol. The second-order valence-corrected chi connectivity index (χ2v) is 10.0. The van der Waals surface area contributed by atoms with Crippen LogP contribution in [0.15, 0.2) is 65.6 Å². The number of aryl methyl sites for hydroxylation is 1. The van der Waals surface area contributed by atoms with E-state index in [0.29, 0.717) is 34.0 Å². The van der Waals surface area contributed by atoms with Gasteiger partial charge in [0.05, 0.1) is 55.7 Å². The zero-order chi connectivity index (χ0) is 27.8. The van der Waals surface area contributed by atoms with Crippen LogP contribution >= 0.6 is 0 Å². The Labute approximate surface area is 226 Å². The molecule has 1 aromatic heterocycles. The molecule has 0 atom stereocenters. The normalized spacial score (nSPS) is 11.3. The van der Waals surface area contributed by atoms with E-state index in [1.807, 2.05) is 19.1 Å². The molecule has 3 N–H and O–H groups in total. The molecule has 0 aliphatic heterocycles. The number of benzene rings is 3. The predicted octanol–water partition coefficient (Wildman–Crippen LogP) is 3.89. The number of aliphatic hydroxyl groups excluding tert-OH is 1. The summed E-state index contributed by atoms with van der Waals surface area (Å²) in [5, 5.41) is 12.1. The SMILES string of the molecule is COc1cc(Nc2nc3ccccc3nc2NS(=O)(=O)c2cccc(C)c2)c(OCCOCCO)c(OC)c1. The number of methoxy groups -OCH3 is 2. The standard InChI is InChI=1S/C27H30N4O7S/c1-18-7-6-8-20(15-18)39(33,34)31-27-26(28-21-9-4-5-10-22(21)29-27)30-23-16-19(35-2)17-24(36-3)25(23)38-14-13-37-12-11-32/h4-10,15-17,32H,11-14H2,1-3H3,(H,28,30)(H,29,31). The van der Waals surface area contributed by atoms with Crippen LogP contribution in [-0.2, 0) is 14.8 Å². The summed E-state index contributed by atoms with van der Waals surface area (Å²) in [7, 11) is -0.984. The van der Waals surface area contributed by atoms with Crippen LogP contribution in [0.2, 0.25) is 0 Å². The highest BCUT2D eigenvalue weighted by Crippen LogP contribution is 2.41. The van der Waals surface area contributed by atoms with Gasteiger partial charge in [-0.25, -0.2) is 18.4 Å². The van der Waals surface area contributed by atoms with E-state index in [4.69, 9.17) is 24.1 Å². The molecule has 206 valence electrons. The monoisotopic (exact) mass is 554 g/mol. The van der Waals surface area contributed by atoms with E-state index in [2.05, 4.69) is 20.0 Å². The summed E-state index contributed by atoms with van der Waals surface area (Å²) in [6.07, 6.45) is 0. The lowest BCUT2D eigenvalue weighted by atomic mass is 10.2. The number of hydrogen-bond acceptors (Lipinski definition) is 10. The van der Waals surface area contributed by atoms with Crippen molar-refractivity contribution in [1.29, 1.82) is 0 Å². The van der Waals surface area contributed by atoms with Crippen molar-refractivity contribution < 1.29 is 32.5 Å². The summed E-state index contributed by atoms with van der Waals surface area (Å²) in [5.74, 6) is 1.30. The molecular weight excluding hydrogens is 524 g/mol. The molecule has 0 saturated heterocycles. The minimum Gasteiger partial charge on any atom is -0.497 e. The topological polar surface area (TPSA) is 141 Å². The molecule has 0 saturated carbocycles. The Morgan fingerprint density at radius 1 is 0.872 bits per heavy atom. The maximum Gasteiger partial charge on any atom is 0.263 e. The fourth-order valence-electron chi connectivity index (χ4n) is 3.71. The molecular formula is C27H30N4O7S. The van der Waals surface area contributed by atoms with Gasteiger partial charge in [0.2, 0.25) is 0 Å². The number of ether oxygens (including phenoxy) is 4. The van der Waals surface area contributed by atoms with Crippen LogP contribution in [0.5, 0.6) is 17.2 Å². The van der Waals surface area contributed by atoms with Gasteiger partial charge in [-0.15, -0.1) is 0 Å². The summed E-state index contributed by atoms with van der Waals surface area (Å²) < 4.78 is 51.3. The van der Waals surface area contributed by atoms with Gasteiger partial charge in [-0.05, 0) is 36.8 Å². The van der Waals surface area contributed by atoms with Gasteiger partial charge in [-0.3, -0.25) is 4.72 Å². The maximum atomic E-state index is 13.3. The first-order chi connectivity index (χ1) is 18.8. The molecule has 0 bridgehead atoms. The summed E-state index contributed by atoms with van der Waals surface area (Å²) in [6, 6.07) is 17.0. The molecule has 4 aromatic rings. The van der Waals surface area contributed by atoms with Crippen molar-refractivity contribution in [1.82, 2.24) is 9.97 Å². The lowest BCUT2D eigenvalue weighted by molar-refractivity contribution is 0.0700. The molecule has 3 aromatic carbocycles. The Bertz CT molecular complexity index is 1550. The number of fused-ring (bicyclic) bond motifs is 1. The third kappa shape index (κ3) is 6.85. The number of nitrogens with zero attached hydrogens (tertiary/aromatic N) is 2. The predicted molar refractivity (Wildman–Crippen MR) is 148 cm³/mol. The van der Waals surface area contributed by atoms with Crippen LogP contribution in [0.4, 0.5) is 17.3 Å². The van der Waals surface area contributed by atoms with Crippen molar-refractivity contribution in [2.75, 3.05) is 50.7 Å². The Balaban J connectivity index is 1.76. The van der Waals surface area contributed by atoms with Gasteiger partial charge >= 0.3 is 0 Å². The number of anilines is 3. The van der Waals surface area contributed by atoms with E-state index in [1.165, 1.54) is 20.3 Å².